The molecule has 0 amide bonds. The van der Waals surface area contributed by atoms with Gasteiger partial charge in [0.05, 0.1) is 12.7 Å². The van der Waals surface area contributed by atoms with Crippen LogP contribution in [0.3, 0.4) is 0 Å². The lowest BCUT2D eigenvalue weighted by Gasteiger charge is -2.10. The standard InChI is InChI=1S/C13H12O4S/c1-16-12-7-9(13(14)15)4-5-11(12)17-8-10-3-2-6-18-10/h2-7H,8H2,1H3,(H,14,15). The second kappa shape index (κ2) is 5.55. The molecule has 1 N–H and O–H groups in total. The smallest absolute Gasteiger partial charge is 0.335 e. The van der Waals surface area contributed by atoms with E-state index in [2.05, 4.69) is 0 Å². The minimum absolute atomic E-state index is 0.176. The fourth-order valence-corrected chi connectivity index (χ4v) is 2.08. The molecule has 0 bridgehead atoms. The van der Waals surface area contributed by atoms with E-state index in [-0.39, 0.29) is 5.56 Å². The highest BCUT2D eigenvalue weighted by Crippen LogP contribution is 2.29. The molecule has 94 valence electrons. The zero-order valence-electron chi connectivity index (χ0n) is 9.75. The van der Waals surface area contributed by atoms with Crippen LogP contribution in [0.4, 0.5) is 0 Å². The molecule has 0 saturated carbocycles. The van der Waals surface area contributed by atoms with Crippen LogP contribution in [0, 0.1) is 0 Å². The molecule has 0 unspecified atom stereocenters. The van der Waals surface area contributed by atoms with Crippen molar-refractivity contribution in [2.75, 3.05) is 7.11 Å². The minimum atomic E-state index is -0.988. The number of hydrogen-bond acceptors (Lipinski definition) is 4. The average Bonchev–Trinajstić information content (AvgIpc) is 2.89. The first kappa shape index (κ1) is 12.4. The van der Waals surface area contributed by atoms with Crippen LogP contribution < -0.4 is 9.47 Å². The number of carboxylic acid groups (broad SMARTS) is 1. The molecule has 5 heteroatoms. The molecule has 0 aliphatic heterocycles. The number of carboxylic acids is 1. The van der Waals surface area contributed by atoms with Crippen LogP contribution in [-0.4, -0.2) is 18.2 Å². The lowest BCUT2D eigenvalue weighted by atomic mass is 10.2. The van der Waals surface area contributed by atoms with E-state index in [1.54, 1.807) is 17.4 Å². The SMILES string of the molecule is COc1cc(C(=O)O)ccc1OCc1cccs1. The Balaban J connectivity index is 2.14. The van der Waals surface area contributed by atoms with Gasteiger partial charge < -0.3 is 14.6 Å². The lowest BCUT2D eigenvalue weighted by molar-refractivity contribution is 0.0696. The van der Waals surface area contributed by atoms with Crippen LogP contribution in [0.2, 0.25) is 0 Å². The Kier molecular flexibility index (Phi) is 3.84. The average molecular weight is 264 g/mol. The third-order valence-corrected chi connectivity index (χ3v) is 3.21. The quantitative estimate of drug-likeness (QED) is 0.901. The van der Waals surface area contributed by atoms with Gasteiger partial charge >= 0.3 is 5.97 Å². The van der Waals surface area contributed by atoms with E-state index in [1.807, 2.05) is 17.5 Å². The molecular weight excluding hydrogens is 252 g/mol. The Bertz CT molecular complexity index is 534. The second-order valence-electron chi connectivity index (χ2n) is 3.54. The molecule has 0 aliphatic rings. The number of ether oxygens (including phenoxy) is 2. The fraction of sp³-hybridized carbons (Fsp3) is 0.154. The first-order chi connectivity index (χ1) is 8.70. The molecular formula is C13H12O4S. The fourth-order valence-electron chi connectivity index (χ4n) is 1.46. The first-order valence-electron chi connectivity index (χ1n) is 5.27. The van der Waals surface area contributed by atoms with Crippen molar-refractivity contribution < 1.29 is 19.4 Å². The summed E-state index contributed by atoms with van der Waals surface area (Å²) in [7, 11) is 1.49. The highest BCUT2D eigenvalue weighted by Gasteiger charge is 2.10. The van der Waals surface area contributed by atoms with E-state index in [4.69, 9.17) is 14.6 Å². The van der Waals surface area contributed by atoms with Gasteiger partial charge in [0.1, 0.15) is 6.61 Å². The molecule has 0 spiro atoms. The number of benzene rings is 1. The van der Waals surface area contributed by atoms with E-state index < -0.39 is 5.97 Å². The summed E-state index contributed by atoms with van der Waals surface area (Å²) in [5.74, 6) is -0.0273. The van der Waals surface area contributed by atoms with Crippen LogP contribution >= 0.6 is 11.3 Å². The lowest BCUT2D eigenvalue weighted by Crippen LogP contribution is -2.00. The Morgan fingerprint density at radius 2 is 2.17 bits per heavy atom. The summed E-state index contributed by atoms with van der Waals surface area (Å²) < 4.78 is 10.7. The second-order valence-corrected chi connectivity index (χ2v) is 4.57. The molecule has 0 atom stereocenters. The third kappa shape index (κ3) is 2.81. The maximum Gasteiger partial charge on any atom is 0.335 e. The highest BCUT2D eigenvalue weighted by molar-refractivity contribution is 7.09. The van der Waals surface area contributed by atoms with Crippen LogP contribution in [0.25, 0.3) is 0 Å². The van der Waals surface area contributed by atoms with Crippen LogP contribution in [0.15, 0.2) is 35.7 Å². The number of hydrogen-bond donors (Lipinski definition) is 1. The zero-order chi connectivity index (χ0) is 13.0. The third-order valence-electron chi connectivity index (χ3n) is 2.36. The van der Waals surface area contributed by atoms with Gasteiger partial charge in [-0.1, -0.05) is 6.07 Å². The van der Waals surface area contributed by atoms with Crippen LogP contribution in [0.1, 0.15) is 15.2 Å². The van der Waals surface area contributed by atoms with Gasteiger partial charge in [-0.3, -0.25) is 0 Å². The summed E-state index contributed by atoms with van der Waals surface area (Å²) in [4.78, 5) is 11.9. The van der Waals surface area contributed by atoms with Gasteiger partial charge in [-0.15, -0.1) is 11.3 Å². The molecule has 18 heavy (non-hydrogen) atoms. The number of aromatic carboxylic acids is 1. The predicted octanol–water partition coefficient (Wildman–Crippen LogP) is 3.03. The monoisotopic (exact) mass is 264 g/mol. The summed E-state index contributed by atoms with van der Waals surface area (Å²) in [6.07, 6.45) is 0. The van der Waals surface area contributed by atoms with E-state index >= 15 is 0 Å². The van der Waals surface area contributed by atoms with Crippen molar-refractivity contribution in [3.63, 3.8) is 0 Å². The van der Waals surface area contributed by atoms with E-state index in [9.17, 15) is 4.79 Å². The minimum Gasteiger partial charge on any atom is -0.493 e. The van der Waals surface area contributed by atoms with Crippen molar-refractivity contribution >= 4 is 17.3 Å². The number of methoxy groups -OCH3 is 1. The maximum absolute atomic E-state index is 10.8. The normalized spacial score (nSPS) is 10.1. The van der Waals surface area contributed by atoms with Crippen molar-refractivity contribution in [2.24, 2.45) is 0 Å². The maximum atomic E-state index is 10.8. The topological polar surface area (TPSA) is 55.8 Å². The van der Waals surface area contributed by atoms with Crippen molar-refractivity contribution in [1.29, 1.82) is 0 Å². The molecule has 0 aliphatic carbocycles. The molecule has 1 aromatic carbocycles. The van der Waals surface area contributed by atoms with Gasteiger partial charge in [-0.2, -0.15) is 0 Å². The summed E-state index contributed by atoms with van der Waals surface area (Å²) in [5.41, 5.74) is 0.176. The molecule has 0 fully saturated rings. The summed E-state index contributed by atoms with van der Waals surface area (Å²) in [5, 5.41) is 10.9. The predicted molar refractivity (Wildman–Crippen MR) is 68.6 cm³/mol. The zero-order valence-corrected chi connectivity index (χ0v) is 10.6. The Labute approximate surface area is 108 Å². The Hall–Kier alpha value is -2.01. The summed E-state index contributed by atoms with van der Waals surface area (Å²) in [6, 6.07) is 8.48. The number of thiophene rings is 1. The van der Waals surface area contributed by atoms with Crippen molar-refractivity contribution in [3.8, 4) is 11.5 Å². The molecule has 1 heterocycles. The van der Waals surface area contributed by atoms with E-state index in [1.165, 1.54) is 19.2 Å². The molecule has 0 radical (unpaired) electrons. The van der Waals surface area contributed by atoms with Crippen molar-refractivity contribution in [1.82, 2.24) is 0 Å². The molecule has 2 rings (SSSR count). The molecule has 4 nitrogen and oxygen atoms in total. The highest BCUT2D eigenvalue weighted by atomic mass is 32.1. The van der Waals surface area contributed by atoms with E-state index in [0.29, 0.717) is 18.1 Å². The molecule has 1 aromatic heterocycles. The molecule has 0 saturated heterocycles. The van der Waals surface area contributed by atoms with Gasteiger partial charge in [0, 0.05) is 4.88 Å². The van der Waals surface area contributed by atoms with Crippen LogP contribution in [0.5, 0.6) is 11.5 Å². The van der Waals surface area contributed by atoms with Crippen molar-refractivity contribution in [3.05, 3.63) is 46.2 Å². The summed E-state index contributed by atoms with van der Waals surface area (Å²) in [6.45, 7) is 0.445. The van der Waals surface area contributed by atoms with Gasteiger partial charge in [-0.05, 0) is 29.6 Å². The number of rotatable bonds is 5. The van der Waals surface area contributed by atoms with E-state index in [0.717, 1.165) is 4.88 Å². The summed E-state index contributed by atoms with van der Waals surface area (Å²) >= 11 is 1.60. The Morgan fingerprint density at radius 3 is 2.78 bits per heavy atom. The van der Waals surface area contributed by atoms with Gasteiger partial charge in [0.25, 0.3) is 0 Å². The largest absolute Gasteiger partial charge is 0.493 e. The van der Waals surface area contributed by atoms with Gasteiger partial charge in [0.15, 0.2) is 11.5 Å². The van der Waals surface area contributed by atoms with Gasteiger partial charge in [0.2, 0.25) is 0 Å². The van der Waals surface area contributed by atoms with Crippen molar-refractivity contribution in [2.45, 2.75) is 6.61 Å². The van der Waals surface area contributed by atoms with Gasteiger partial charge in [-0.25, -0.2) is 4.79 Å². The number of carbonyl (C=O) groups is 1. The van der Waals surface area contributed by atoms with Crippen LogP contribution in [-0.2, 0) is 6.61 Å². The first-order valence-corrected chi connectivity index (χ1v) is 6.15. The Morgan fingerprint density at radius 1 is 1.33 bits per heavy atom. The molecule has 2 aromatic rings.